The number of hydrogen-bond donors (Lipinski definition) is 2. The fraction of sp³-hybridized carbons (Fsp3) is 0.174. The van der Waals surface area contributed by atoms with Gasteiger partial charge in [-0.2, -0.15) is 5.10 Å². The molecule has 1 radical (unpaired) electrons. The molecule has 0 bridgehead atoms. The van der Waals surface area contributed by atoms with Gasteiger partial charge in [-0.25, -0.2) is 4.39 Å². The number of aromatic amines is 1. The summed E-state index contributed by atoms with van der Waals surface area (Å²) in [5, 5.41) is 9.38. The molecule has 5 nitrogen and oxygen atoms in total. The highest BCUT2D eigenvalue weighted by molar-refractivity contribution is 5.97. The summed E-state index contributed by atoms with van der Waals surface area (Å²) in [6, 6.07) is 10.9. The molecule has 2 heterocycles. The average molecular weight is 387 g/mol. The van der Waals surface area contributed by atoms with E-state index in [-0.39, 0.29) is 11.7 Å². The number of amides is 1. The fourth-order valence-electron chi connectivity index (χ4n) is 3.64. The first-order chi connectivity index (χ1) is 14.2. The minimum Gasteiger partial charge on any atom is -0.360 e. The summed E-state index contributed by atoms with van der Waals surface area (Å²) in [7, 11) is 0. The summed E-state index contributed by atoms with van der Waals surface area (Å²) in [6.45, 7) is 1.22. The Labute approximate surface area is 167 Å². The van der Waals surface area contributed by atoms with E-state index in [9.17, 15) is 9.18 Å². The Morgan fingerprint density at radius 3 is 2.97 bits per heavy atom. The molecular weight excluding hydrogens is 367 g/mol. The number of fused-ring (bicyclic) bond motifs is 2. The number of carbonyl (C=O) groups excluding carboxylic acids is 1. The third-order valence-corrected chi connectivity index (χ3v) is 5.29. The Morgan fingerprint density at radius 1 is 1.21 bits per heavy atom. The first-order valence-electron chi connectivity index (χ1n) is 9.70. The van der Waals surface area contributed by atoms with Crippen LogP contribution in [-0.2, 0) is 11.3 Å². The summed E-state index contributed by atoms with van der Waals surface area (Å²) in [5.74, 6) is -0.216. The molecule has 0 fully saturated rings. The molecule has 0 aliphatic heterocycles. The Balaban J connectivity index is 1.31. The van der Waals surface area contributed by atoms with Gasteiger partial charge in [0.25, 0.3) is 0 Å². The number of benzene rings is 2. The number of halogens is 1. The van der Waals surface area contributed by atoms with Crippen molar-refractivity contribution in [3.05, 3.63) is 72.7 Å². The molecule has 0 unspecified atom stereocenters. The lowest BCUT2D eigenvalue weighted by Gasteiger charge is -2.06. The molecule has 6 heteroatoms. The first-order valence-corrected chi connectivity index (χ1v) is 9.70. The Hall–Kier alpha value is -3.41. The van der Waals surface area contributed by atoms with Crippen LogP contribution in [0.4, 0.5) is 4.39 Å². The fourth-order valence-corrected chi connectivity index (χ4v) is 3.64. The van der Waals surface area contributed by atoms with Gasteiger partial charge in [0.05, 0.1) is 18.3 Å². The summed E-state index contributed by atoms with van der Waals surface area (Å²) in [6.07, 6.45) is 9.14. The van der Waals surface area contributed by atoms with Crippen molar-refractivity contribution in [3.8, 4) is 11.1 Å². The minimum absolute atomic E-state index is 0.0394. The molecule has 1 aliphatic rings. The SMILES string of the molecule is O=C(CCn1ncc2cc(-c3c[nH]c4cc(F)ccc34)ccc21)NCCC1=C[CH]1. The van der Waals surface area contributed by atoms with Crippen molar-refractivity contribution >= 4 is 27.7 Å². The molecule has 0 saturated heterocycles. The highest BCUT2D eigenvalue weighted by Gasteiger charge is 2.11. The molecule has 0 spiro atoms. The van der Waals surface area contributed by atoms with Crippen molar-refractivity contribution in [1.29, 1.82) is 0 Å². The van der Waals surface area contributed by atoms with Gasteiger partial charge in [-0.05, 0) is 42.3 Å². The van der Waals surface area contributed by atoms with Gasteiger partial charge >= 0.3 is 0 Å². The molecule has 145 valence electrons. The highest BCUT2D eigenvalue weighted by Crippen LogP contribution is 2.31. The second-order valence-electron chi connectivity index (χ2n) is 7.29. The van der Waals surface area contributed by atoms with E-state index in [0.29, 0.717) is 19.5 Å². The van der Waals surface area contributed by atoms with Gasteiger partial charge in [0.1, 0.15) is 5.82 Å². The molecular formula is C23H20FN4O. The van der Waals surface area contributed by atoms with Gasteiger partial charge in [-0.1, -0.05) is 17.7 Å². The lowest BCUT2D eigenvalue weighted by Crippen LogP contribution is -2.25. The van der Waals surface area contributed by atoms with E-state index in [4.69, 9.17) is 0 Å². The molecule has 2 aromatic heterocycles. The zero-order valence-corrected chi connectivity index (χ0v) is 15.8. The number of carbonyl (C=O) groups is 1. The molecule has 2 aromatic carbocycles. The Kier molecular flexibility index (Phi) is 4.39. The predicted octanol–water partition coefficient (Wildman–Crippen LogP) is 4.36. The van der Waals surface area contributed by atoms with E-state index < -0.39 is 0 Å². The third-order valence-electron chi connectivity index (χ3n) is 5.29. The maximum Gasteiger partial charge on any atom is 0.221 e. The van der Waals surface area contributed by atoms with Crippen molar-refractivity contribution in [2.24, 2.45) is 0 Å². The lowest BCUT2D eigenvalue weighted by atomic mass is 10.0. The Bertz CT molecular complexity index is 1250. The second kappa shape index (κ2) is 7.20. The van der Waals surface area contributed by atoms with Gasteiger partial charge in [0, 0.05) is 47.4 Å². The van der Waals surface area contributed by atoms with Crippen molar-refractivity contribution in [2.75, 3.05) is 6.54 Å². The number of hydrogen-bond acceptors (Lipinski definition) is 2. The molecule has 0 atom stereocenters. The number of H-pyrrole nitrogens is 1. The quantitative estimate of drug-likeness (QED) is 0.495. The summed E-state index contributed by atoms with van der Waals surface area (Å²) >= 11 is 0. The number of rotatable bonds is 7. The third kappa shape index (κ3) is 3.66. The zero-order chi connectivity index (χ0) is 19.8. The average Bonchev–Trinajstić information content (AvgIpc) is 3.31. The molecule has 1 amide bonds. The van der Waals surface area contributed by atoms with Crippen molar-refractivity contribution in [3.63, 3.8) is 0 Å². The van der Waals surface area contributed by atoms with Crippen molar-refractivity contribution in [2.45, 2.75) is 19.4 Å². The molecule has 1 aliphatic carbocycles. The maximum absolute atomic E-state index is 13.4. The standard InChI is InChI=1S/C23H20FN4O/c24-18-4-5-19-20(14-26-21(19)12-18)16-3-6-22-17(11-16)13-27-28(22)10-8-23(29)25-9-7-15-1-2-15/h1-6,11-14,26H,7-10H2,(H,25,29). The molecule has 0 saturated carbocycles. The van der Waals surface area contributed by atoms with Crippen LogP contribution in [0.2, 0.25) is 0 Å². The van der Waals surface area contributed by atoms with E-state index >= 15 is 0 Å². The van der Waals surface area contributed by atoms with Crippen LogP contribution in [-0.4, -0.2) is 27.2 Å². The molecule has 29 heavy (non-hydrogen) atoms. The Morgan fingerprint density at radius 2 is 2.10 bits per heavy atom. The smallest absolute Gasteiger partial charge is 0.221 e. The van der Waals surface area contributed by atoms with Gasteiger partial charge in [-0.3, -0.25) is 9.48 Å². The largest absolute Gasteiger partial charge is 0.360 e. The van der Waals surface area contributed by atoms with E-state index in [1.807, 2.05) is 29.2 Å². The van der Waals surface area contributed by atoms with Crippen LogP contribution in [0, 0.1) is 12.2 Å². The van der Waals surface area contributed by atoms with Crippen LogP contribution in [0.3, 0.4) is 0 Å². The van der Waals surface area contributed by atoms with Crippen LogP contribution in [0.25, 0.3) is 32.9 Å². The monoisotopic (exact) mass is 387 g/mol. The second-order valence-corrected chi connectivity index (χ2v) is 7.29. The van der Waals surface area contributed by atoms with Crippen LogP contribution in [0.15, 0.2) is 60.4 Å². The van der Waals surface area contributed by atoms with E-state index in [1.165, 1.54) is 17.7 Å². The molecule has 5 rings (SSSR count). The van der Waals surface area contributed by atoms with Crippen LogP contribution in [0.1, 0.15) is 12.8 Å². The minimum atomic E-state index is -0.255. The van der Waals surface area contributed by atoms with E-state index in [0.717, 1.165) is 39.4 Å². The topological polar surface area (TPSA) is 62.7 Å². The van der Waals surface area contributed by atoms with E-state index in [2.05, 4.69) is 34.0 Å². The van der Waals surface area contributed by atoms with Gasteiger partial charge in [0.15, 0.2) is 0 Å². The number of aryl methyl sites for hydroxylation is 1. The van der Waals surface area contributed by atoms with Crippen LogP contribution < -0.4 is 5.32 Å². The summed E-state index contributed by atoms with van der Waals surface area (Å²) in [4.78, 5) is 15.2. The molecule has 2 N–H and O–H groups in total. The number of allylic oxidation sites excluding steroid dienone is 1. The van der Waals surface area contributed by atoms with Crippen LogP contribution in [0.5, 0.6) is 0 Å². The summed E-state index contributed by atoms with van der Waals surface area (Å²) in [5.41, 5.74) is 5.14. The number of nitrogens with zero attached hydrogens (tertiary/aromatic N) is 2. The first kappa shape index (κ1) is 17.7. The lowest BCUT2D eigenvalue weighted by molar-refractivity contribution is -0.121. The highest BCUT2D eigenvalue weighted by atomic mass is 19.1. The van der Waals surface area contributed by atoms with E-state index in [1.54, 1.807) is 6.07 Å². The molecule has 4 aromatic rings. The predicted molar refractivity (Wildman–Crippen MR) is 112 cm³/mol. The van der Waals surface area contributed by atoms with Crippen molar-refractivity contribution < 1.29 is 9.18 Å². The van der Waals surface area contributed by atoms with Gasteiger partial charge in [-0.15, -0.1) is 0 Å². The van der Waals surface area contributed by atoms with Crippen LogP contribution >= 0.6 is 0 Å². The number of nitrogens with one attached hydrogen (secondary N) is 2. The normalized spacial score (nSPS) is 13.1. The maximum atomic E-state index is 13.4. The zero-order valence-electron chi connectivity index (χ0n) is 15.8. The van der Waals surface area contributed by atoms with Gasteiger partial charge < -0.3 is 10.3 Å². The van der Waals surface area contributed by atoms with Crippen molar-refractivity contribution in [1.82, 2.24) is 20.1 Å². The number of aromatic nitrogens is 3. The van der Waals surface area contributed by atoms with Gasteiger partial charge in [0.2, 0.25) is 5.91 Å². The summed E-state index contributed by atoms with van der Waals surface area (Å²) < 4.78 is 15.3.